The Morgan fingerprint density at radius 3 is 2.57 bits per heavy atom. The normalized spacial score (nSPS) is 10.4. The minimum Gasteiger partial charge on any atom is -0.415 e. The molecule has 1 N–H and O–H groups in total. The number of anilines is 2. The molecule has 0 aliphatic rings. The number of aromatic nitrogens is 2. The molecule has 3 rings (SSSR count). The number of nitrogens with zero attached hydrogens (tertiary/aromatic N) is 3. The molecule has 0 saturated heterocycles. The highest BCUT2D eigenvalue weighted by atomic mass is 16.6. The molecular weight excluding hydrogens is 356 g/mol. The molecule has 0 aliphatic carbocycles. The Hall–Kier alpha value is -3.79. The molecule has 7 nitrogen and oxygen atoms in total. The van der Waals surface area contributed by atoms with E-state index >= 15 is 0 Å². The molecule has 7 heteroatoms. The molecule has 0 radical (unpaired) electrons. The van der Waals surface area contributed by atoms with E-state index in [0.717, 1.165) is 11.1 Å². The second kappa shape index (κ2) is 7.45. The SMILES string of the molecule is CC(C)=C(C)OC(=O)N(c1ccccc1C)c1cc(=O)c(C#N)c2cc[nH]n12. The molecule has 28 heavy (non-hydrogen) atoms. The number of rotatable bonds is 3. The lowest BCUT2D eigenvalue weighted by atomic mass is 10.1. The number of hydrogen-bond donors (Lipinski definition) is 1. The number of amides is 1. The number of fused-ring (bicyclic) bond motifs is 1. The molecule has 2 heterocycles. The minimum absolute atomic E-state index is 0.00331. The van der Waals surface area contributed by atoms with Crippen molar-refractivity contribution in [1.29, 1.82) is 5.26 Å². The molecular formula is C21H20N4O3. The quantitative estimate of drug-likeness (QED) is 0.686. The Kier molecular flexibility index (Phi) is 5.05. The van der Waals surface area contributed by atoms with Crippen molar-refractivity contribution in [2.45, 2.75) is 27.7 Å². The Balaban J connectivity index is 2.29. The summed E-state index contributed by atoms with van der Waals surface area (Å²) >= 11 is 0. The maximum atomic E-state index is 13.1. The lowest BCUT2D eigenvalue weighted by molar-refractivity contribution is 0.185. The molecule has 3 aromatic rings. The van der Waals surface area contributed by atoms with Crippen LogP contribution in [-0.2, 0) is 4.74 Å². The third kappa shape index (κ3) is 3.28. The van der Waals surface area contributed by atoms with Gasteiger partial charge in [-0.05, 0) is 51.0 Å². The van der Waals surface area contributed by atoms with Crippen LogP contribution >= 0.6 is 0 Å². The summed E-state index contributed by atoms with van der Waals surface area (Å²) in [4.78, 5) is 27.0. The highest BCUT2D eigenvalue weighted by molar-refractivity contribution is 5.97. The van der Waals surface area contributed by atoms with E-state index in [1.165, 1.54) is 15.5 Å². The molecule has 1 aromatic carbocycles. The number of hydrogen-bond acceptors (Lipinski definition) is 4. The number of carbonyl (C=O) groups excluding carboxylic acids is 1. The van der Waals surface area contributed by atoms with Crippen molar-refractivity contribution >= 4 is 23.1 Å². The van der Waals surface area contributed by atoms with Crippen molar-refractivity contribution in [3.63, 3.8) is 0 Å². The van der Waals surface area contributed by atoms with Crippen molar-refractivity contribution in [1.82, 2.24) is 9.61 Å². The Morgan fingerprint density at radius 2 is 1.93 bits per heavy atom. The smallest absolute Gasteiger partial charge is 0.415 e. The number of benzene rings is 1. The third-order valence-corrected chi connectivity index (χ3v) is 4.50. The topological polar surface area (TPSA) is 90.6 Å². The lowest BCUT2D eigenvalue weighted by Gasteiger charge is -2.25. The highest BCUT2D eigenvalue weighted by Crippen LogP contribution is 2.30. The number of pyridine rings is 1. The monoisotopic (exact) mass is 376 g/mol. The van der Waals surface area contributed by atoms with Gasteiger partial charge in [0, 0.05) is 12.3 Å². The second-order valence-electron chi connectivity index (χ2n) is 6.58. The van der Waals surface area contributed by atoms with Crippen molar-refractivity contribution < 1.29 is 9.53 Å². The first-order valence-corrected chi connectivity index (χ1v) is 8.70. The summed E-state index contributed by atoms with van der Waals surface area (Å²) in [5.74, 6) is 0.733. The van der Waals surface area contributed by atoms with E-state index in [1.54, 1.807) is 31.3 Å². The van der Waals surface area contributed by atoms with Crippen molar-refractivity contribution in [2.75, 3.05) is 4.90 Å². The van der Waals surface area contributed by atoms with Crippen LogP contribution in [0.1, 0.15) is 31.9 Å². The molecule has 0 saturated carbocycles. The number of para-hydroxylation sites is 1. The van der Waals surface area contributed by atoms with Gasteiger partial charge in [-0.1, -0.05) is 18.2 Å². The number of aryl methyl sites for hydroxylation is 1. The van der Waals surface area contributed by atoms with Gasteiger partial charge in [0.15, 0.2) is 0 Å². The maximum Gasteiger partial charge on any atom is 0.425 e. The fourth-order valence-electron chi connectivity index (χ4n) is 2.78. The second-order valence-corrected chi connectivity index (χ2v) is 6.58. The van der Waals surface area contributed by atoms with Gasteiger partial charge < -0.3 is 4.74 Å². The van der Waals surface area contributed by atoms with Crippen LogP contribution in [0.15, 0.2) is 58.7 Å². The Bertz CT molecular complexity index is 1190. The van der Waals surface area contributed by atoms with Crippen LogP contribution in [0.25, 0.3) is 5.52 Å². The first kappa shape index (κ1) is 19.0. The first-order chi connectivity index (χ1) is 13.3. The average molecular weight is 376 g/mol. The zero-order valence-electron chi connectivity index (χ0n) is 16.1. The Morgan fingerprint density at radius 1 is 1.21 bits per heavy atom. The standard InChI is InChI=1S/C21H20N4O3/c1-13(2)15(4)28-21(27)24(17-8-6-5-7-14(17)3)20-11-19(26)16(12-22)18-9-10-23-25(18)20/h5-11,23H,1-4H3. The number of H-pyrrole nitrogens is 1. The molecule has 2 aromatic heterocycles. The molecule has 1 amide bonds. The molecule has 0 atom stereocenters. The van der Waals surface area contributed by atoms with Crippen LogP contribution in [0.3, 0.4) is 0 Å². The summed E-state index contributed by atoms with van der Waals surface area (Å²) in [6, 6.07) is 12.1. The van der Waals surface area contributed by atoms with Gasteiger partial charge in [0.2, 0.25) is 5.43 Å². The minimum atomic E-state index is -0.652. The zero-order valence-corrected chi connectivity index (χ0v) is 16.1. The average Bonchev–Trinajstić information content (AvgIpc) is 3.13. The van der Waals surface area contributed by atoms with Gasteiger partial charge in [-0.2, -0.15) is 5.26 Å². The van der Waals surface area contributed by atoms with E-state index in [1.807, 2.05) is 39.0 Å². The fraction of sp³-hybridized carbons (Fsp3) is 0.190. The highest BCUT2D eigenvalue weighted by Gasteiger charge is 2.26. The molecule has 0 spiro atoms. The molecule has 0 fully saturated rings. The number of nitrogens with one attached hydrogen (secondary N) is 1. The third-order valence-electron chi connectivity index (χ3n) is 4.50. The van der Waals surface area contributed by atoms with Crippen LogP contribution in [-0.4, -0.2) is 15.7 Å². The van der Waals surface area contributed by atoms with Gasteiger partial charge in [0.1, 0.15) is 23.2 Å². The van der Waals surface area contributed by atoms with Gasteiger partial charge >= 0.3 is 6.09 Å². The van der Waals surface area contributed by atoms with Crippen LogP contribution in [0, 0.1) is 18.3 Å². The first-order valence-electron chi connectivity index (χ1n) is 8.70. The van der Waals surface area contributed by atoms with Crippen molar-refractivity contribution in [3.05, 3.63) is 75.3 Å². The predicted octanol–water partition coefficient (Wildman–Crippen LogP) is 4.40. The molecule has 142 valence electrons. The summed E-state index contributed by atoms with van der Waals surface area (Å²) in [6.07, 6.45) is 0.947. The van der Waals surface area contributed by atoms with Crippen molar-refractivity contribution in [2.24, 2.45) is 0 Å². The van der Waals surface area contributed by atoms with Crippen LogP contribution in [0.4, 0.5) is 16.3 Å². The number of allylic oxidation sites excluding steroid dienone is 2. The summed E-state index contributed by atoms with van der Waals surface area (Å²) in [5, 5.41) is 12.3. The van der Waals surface area contributed by atoms with Gasteiger partial charge in [0.05, 0.1) is 11.2 Å². The maximum absolute atomic E-state index is 13.1. The van der Waals surface area contributed by atoms with Crippen LogP contribution < -0.4 is 10.3 Å². The number of aromatic amines is 1. The molecule has 0 bridgehead atoms. The summed E-state index contributed by atoms with van der Waals surface area (Å²) in [7, 11) is 0. The van der Waals surface area contributed by atoms with E-state index in [9.17, 15) is 14.9 Å². The van der Waals surface area contributed by atoms with Gasteiger partial charge in [0.25, 0.3) is 0 Å². The fourth-order valence-corrected chi connectivity index (χ4v) is 2.78. The lowest BCUT2D eigenvalue weighted by Crippen LogP contribution is -2.30. The zero-order chi connectivity index (χ0) is 20.4. The van der Waals surface area contributed by atoms with Crippen LogP contribution in [0.5, 0.6) is 0 Å². The number of ether oxygens (including phenoxy) is 1. The van der Waals surface area contributed by atoms with E-state index in [2.05, 4.69) is 5.10 Å². The number of carbonyl (C=O) groups is 1. The van der Waals surface area contributed by atoms with Gasteiger partial charge in [-0.3, -0.25) is 9.89 Å². The van der Waals surface area contributed by atoms with Crippen molar-refractivity contribution in [3.8, 4) is 6.07 Å². The molecule has 0 unspecified atom stereocenters. The van der Waals surface area contributed by atoms with Gasteiger partial charge in [-0.15, -0.1) is 0 Å². The largest absolute Gasteiger partial charge is 0.425 e. The van der Waals surface area contributed by atoms with E-state index < -0.39 is 11.5 Å². The van der Waals surface area contributed by atoms with E-state index in [4.69, 9.17) is 4.74 Å². The summed E-state index contributed by atoms with van der Waals surface area (Å²) in [6.45, 7) is 7.26. The molecule has 0 aliphatic heterocycles. The summed E-state index contributed by atoms with van der Waals surface area (Å²) < 4.78 is 7.05. The van der Waals surface area contributed by atoms with Crippen LogP contribution in [0.2, 0.25) is 0 Å². The summed E-state index contributed by atoms with van der Waals surface area (Å²) in [5.41, 5.74) is 2.18. The Labute approximate surface area is 162 Å². The van der Waals surface area contributed by atoms with E-state index in [-0.39, 0.29) is 11.4 Å². The van der Waals surface area contributed by atoms with Gasteiger partial charge in [-0.25, -0.2) is 14.2 Å². The predicted molar refractivity (Wildman–Crippen MR) is 107 cm³/mol. The number of nitriles is 1. The van der Waals surface area contributed by atoms with E-state index in [0.29, 0.717) is 17.0 Å².